The van der Waals surface area contributed by atoms with Gasteiger partial charge in [-0.15, -0.1) is 0 Å². The van der Waals surface area contributed by atoms with Gasteiger partial charge < -0.3 is 9.88 Å². The van der Waals surface area contributed by atoms with Crippen LogP contribution in [0.2, 0.25) is 0 Å². The molecule has 0 saturated carbocycles. The first-order valence-corrected chi connectivity index (χ1v) is 7.51. The van der Waals surface area contributed by atoms with Crippen LogP contribution in [0.25, 0.3) is 10.9 Å². The zero-order valence-corrected chi connectivity index (χ0v) is 12.9. The first kappa shape index (κ1) is 14.2. The van der Waals surface area contributed by atoms with Gasteiger partial charge in [-0.2, -0.15) is 0 Å². The van der Waals surface area contributed by atoms with Gasteiger partial charge >= 0.3 is 0 Å². The number of aromatic nitrogens is 2. The van der Waals surface area contributed by atoms with Crippen LogP contribution in [0, 0.1) is 18.8 Å². The Bertz CT molecular complexity index is 850. The number of rotatable bonds is 3. The van der Waals surface area contributed by atoms with E-state index in [-0.39, 0.29) is 0 Å². The molecule has 0 saturated heterocycles. The summed E-state index contributed by atoms with van der Waals surface area (Å²) in [5, 5.41) is 4.55. The smallest absolute Gasteiger partial charge is 0.0931 e. The van der Waals surface area contributed by atoms with Crippen molar-refractivity contribution >= 4 is 16.6 Å². The van der Waals surface area contributed by atoms with Crippen LogP contribution >= 0.6 is 0 Å². The minimum atomic E-state index is 0.620. The van der Waals surface area contributed by atoms with Gasteiger partial charge in [0.2, 0.25) is 0 Å². The molecule has 0 aliphatic rings. The zero-order valence-electron chi connectivity index (χ0n) is 12.9. The molecular weight excluding hydrogens is 270 g/mol. The minimum Gasteiger partial charge on any atom is -0.374 e. The van der Waals surface area contributed by atoms with Crippen LogP contribution in [-0.4, -0.2) is 16.1 Å². The van der Waals surface area contributed by atoms with E-state index >= 15 is 0 Å². The summed E-state index contributed by atoms with van der Waals surface area (Å²) in [4.78, 5) is 4.18. The summed E-state index contributed by atoms with van der Waals surface area (Å²) >= 11 is 0. The minimum absolute atomic E-state index is 0.620. The summed E-state index contributed by atoms with van der Waals surface area (Å²) in [6.07, 6.45) is 1.81. The molecule has 0 fully saturated rings. The maximum absolute atomic E-state index is 4.18. The van der Waals surface area contributed by atoms with Crippen molar-refractivity contribution in [3.05, 3.63) is 60.0 Å². The Kier molecular flexibility index (Phi) is 4.11. The molecule has 3 rings (SSSR count). The molecule has 0 aliphatic carbocycles. The Balaban J connectivity index is 1.76. The molecule has 3 aromatic rings. The highest BCUT2D eigenvalue weighted by Crippen LogP contribution is 2.18. The molecule has 110 valence electrons. The number of pyridine rings is 1. The SMILES string of the molecule is CCn1c(C#CCNc2ccnc(C)c2)cc2ccccc21. The Labute approximate surface area is 131 Å². The van der Waals surface area contributed by atoms with Gasteiger partial charge in [0.25, 0.3) is 0 Å². The van der Waals surface area contributed by atoms with E-state index in [4.69, 9.17) is 0 Å². The molecule has 1 N–H and O–H groups in total. The lowest BCUT2D eigenvalue weighted by Gasteiger charge is -2.03. The van der Waals surface area contributed by atoms with Gasteiger partial charge in [0.1, 0.15) is 0 Å². The lowest BCUT2D eigenvalue weighted by Crippen LogP contribution is -2.00. The van der Waals surface area contributed by atoms with Crippen molar-refractivity contribution in [2.75, 3.05) is 11.9 Å². The number of para-hydroxylation sites is 1. The van der Waals surface area contributed by atoms with Crippen molar-refractivity contribution < 1.29 is 0 Å². The van der Waals surface area contributed by atoms with Gasteiger partial charge in [-0.25, -0.2) is 0 Å². The van der Waals surface area contributed by atoms with Crippen molar-refractivity contribution in [2.24, 2.45) is 0 Å². The molecule has 0 radical (unpaired) electrons. The monoisotopic (exact) mass is 289 g/mol. The van der Waals surface area contributed by atoms with Gasteiger partial charge in [0.15, 0.2) is 0 Å². The summed E-state index contributed by atoms with van der Waals surface area (Å²) in [5.41, 5.74) is 4.37. The van der Waals surface area contributed by atoms with Crippen molar-refractivity contribution in [3.63, 3.8) is 0 Å². The topological polar surface area (TPSA) is 29.9 Å². The van der Waals surface area contributed by atoms with Crippen molar-refractivity contribution in [1.29, 1.82) is 0 Å². The van der Waals surface area contributed by atoms with Gasteiger partial charge in [-0.3, -0.25) is 4.98 Å². The van der Waals surface area contributed by atoms with Gasteiger partial charge in [-0.1, -0.05) is 24.1 Å². The largest absolute Gasteiger partial charge is 0.374 e. The average molecular weight is 289 g/mol. The molecule has 0 bridgehead atoms. The number of anilines is 1. The fraction of sp³-hybridized carbons (Fsp3) is 0.211. The molecule has 0 aliphatic heterocycles. The number of hydrogen-bond acceptors (Lipinski definition) is 2. The summed E-state index contributed by atoms with van der Waals surface area (Å²) in [7, 11) is 0. The second kappa shape index (κ2) is 6.36. The number of nitrogens with zero attached hydrogens (tertiary/aromatic N) is 2. The zero-order chi connectivity index (χ0) is 15.4. The van der Waals surface area contributed by atoms with Crippen LogP contribution in [0.15, 0.2) is 48.7 Å². The third-order valence-electron chi connectivity index (χ3n) is 3.62. The van der Waals surface area contributed by atoms with Crippen molar-refractivity contribution in [3.8, 4) is 11.8 Å². The van der Waals surface area contributed by atoms with E-state index in [1.165, 1.54) is 10.9 Å². The number of fused-ring (bicyclic) bond motifs is 1. The van der Waals surface area contributed by atoms with Crippen LogP contribution in [0.1, 0.15) is 18.3 Å². The average Bonchev–Trinajstić information content (AvgIpc) is 2.89. The second-order valence-electron chi connectivity index (χ2n) is 5.17. The first-order chi connectivity index (χ1) is 10.8. The van der Waals surface area contributed by atoms with Gasteiger partial charge in [-0.05, 0) is 44.0 Å². The third kappa shape index (κ3) is 2.96. The number of hydrogen-bond donors (Lipinski definition) is 1. The Morgan fingerprint density at radius 3 is 2.86 bits per heavy atom. The maximum atomic E-state index is 4.18. The highest BCUT2D eigenvalue weighted by Gasteiger charge is 2.03. The normalized spacial score (nSPS) is 10.3. The molecule has 3 heteroatoms. The van der Waals surface area contributed by atoms with Crippen LogP contribution in [-0.2, 0) is 6.54 Å². The number of benzene rings is 1. The quantitative estimate of drug-likeness (QED) is 0.743. The van der Waals surface area contributed by atoms with E-state index in [1.54, 1.807) is 6.20 Å². The molecule has 2 heterocycles. The Morgan fingerprint density at radius 1 is 1.18 bits per heavy atom. The van der Waals surface area contributed by atoms with Crippen LogP contribution in [0.5, 0.6) is 0 Å². The lowest BCUT2D eigenvalue weighted by molar-refractivity contribution is 0.787. The Morgan fingerprint density at radius 2 is 2.05 bits per heavy atom. The van der Waals surface area contributed by atoms with E-state index in [0.29, 0.717) is 6.54 Å². The van der Waals surface area contributed by atoms with Crippen molar-refractivity contribution in [1.82, 2.24) is 9.55 Å². The number of nitrogens with one attached hydrogen (secondary N) is 1. The summed E-state index contributed by atoms with van der Waals surface area (Å²) in [6.45, 7) is 5.68. The van der Waals surface area contributed by atoms with E-state index in [9.17, 15) is 0 Å². The fourth-order valence-electron chi connectivity index (χ4n) is 2.59. The van der Waals surface area contributed by atoms with Crippen molar-refractivity contribution in [2.45, 2.75) is 20.4 Å². The third-order valence-corrected chi connectivity index (χ3v) is 3.62. The van der Waals surface area contributed by atoms with Crippen LogP contribution < -0.4 is 5.32 Å². The standard InChI is InChI=1S/C19H19N3/c1-3-22-18(14-16-7-4-5-9-19(16)22)8-6-11-21-17-10-12-20-15(2)13-17/h4-5,7,9-10,12-14H,3,11H2,1-2H3,(H,20,21). The molecule has 0 spiro atoms. The van der Waals surface area contributed by atoms with Crippen LogP contribution in [0.4, 0.5) is 5.69 Å². The van der Waals surface area contributed by atoms with E-state index < -0.39 is 0 Å². The predicted molar refractivity (Wildman–Crippen MR) is 92.0 cm³/mol. The first-order valence-electron chi connectivity index (χ1n) is 7.51. The fourth-order valence-corrected chi connectivity index (χ4v) is 2.59. The second-order valence-corrected chi connectivity index (χ2v) is 5.17. The predicted octanol–water partition coefficient (Wildman–Crippen LogP) is 3.83. The molecular formula is C19H19N3. The van der Waals surface area contributed by atoms with E-state index in [2.05, 4.69) is 64.0 Å². The molecule has 0 amide bonds. The molecule has 0 atom stereocenters. The summed E-state index contributed by atoms with van der Waals surface area (Å²) in [6, 6.07) is 14.5. The molecule has 1 aromatic carbocycles. The Hall–Kier alpha value is -2.73. The van der Waals surface area contributed by atoms with Gasteiger partial charge in [0.05, 0.1) is 12.2 Å². The molecule has 3 nitrogen and oxygen atoms in total. The molecule has 0 unspecified atom stereocenters. The van der Waals surface area contributed by atoms with E-state index in [1.807, 2.05) is 19.1 Å². The maximum Gasteiger partial charge on any atom is 0.0931 e. The summed E-state index contributed by atoms with van der Waals surface area (Å²) < 4.78 is 2.25. The lowest BCUT2D eigenvalue weighted by atomic mass is 10.2. The molecule has 22 heavy (non-hydrogen) atoms. The highest BCUT2D eigenvalue weighted by molar-refractivity contribution is 5.82. The summed E-state index contributed by atoms with van der Waals surface area (Å²) in [5.74, 6) is 6.48. The number of aryl methyl sites for hydroxylation is 2. The van der Waals surface area contributed by atoms with Gasteiger partial charge in [0, 0.05) is 35.0 Å². The highest BCUT2D eigenvalue weighted by atomic mass is 15.0. The molecule has 2 aromatic heterocycles. The van der Waals surface area contributed by atoms with E-state index in [0.717, 1.165) is 23.6 Å². The van der Waals surface area contributed by atoms with Crippen LogP contribution in [0.3, 0.4) is 0 Å².